The molecule has 7 heteroatoms. The highest BCUT2D eigenvalue weighted by Gasteiger charge is 2.12. The lowest BCUT2D eigenvalue weighted by Crippen LogP contribution is -2.24. The second-order valence-corrected chi connectivity index (χ2v) is 3.98. The van der Waals surface area contributed by atoms with Crippen molar-refractivity contribution in [2.75, 3.05) is 0 Å². The molecule has 100 valence electrons. The van der Waals surface area contributed by atoms with Crippen LogP contribution in [0.2, 0.25) is 0 Å². The fourth-order valence-electron chi connectivity index (χ4n) is 1.62. The molecule has 0 unspecified atom stereocenters. The molecule has 1 aromatic carbocycles. The van der Waals surface area contributed by atoms with Crippen molar-refractivity contribution >= 4 is 28.5 Å². The SMILES string of the molecule is Br.C[n+]1ccn(CC(=O)c2ccc([N+](=O)[O-])cc2)c1. The lowest BCUT2D eigenvalue weighted by atomic mass is 10.1. The Labute approximate surface area is 120 Å². The number of rotatable bonds is 4. The minimum Gasteiger partial charge on any atom is -0.290 e. The number of aryl methyl sites for hydroxylation is 1. The zero-order valence-electron chi connectivity index (χ0n) is 10.2. The largest absolute Gasteiger partial charge is 0.290 e. The Hall–Kier alpha value is -2.02. The lowest BCUT2D eigenvalue weighted by molar-refractivity contribution is -0.671. The summed E-state index contributed by atoms with van der Waals surface area (Å²) < 4.78 is 3.59. The zero-order chi connectivity index (χ0) is 13.1. The number of non-ortho nitro benzene ring substituents is 1. The molecular weight excluding hydrogens is 314 g/mol. The van der Waals surface area contributed by atoms with E-state index < -0.39 is 4.92 Å². The fraction of sp³-hybridized carbons (Fsp3) is 0.167. The van der Waals surface area contributed by atoms with Gasteiger partial charge in [-0.2, -0.15) is 0 Å². The summed E-state index contributed by atoms with van der Waals surface area (Å²) in [4.78, 5) is 21.9. The van der Waals surface area contributed by atoms with Gasteiger partial charge >= 0.3 is 0 Å². The summed E-state index contributed by atoms with van der Waals surface area (Å²) in [7, 11) is 1.87. The van der Waals surface area contributed by atoms with Gasteiger partial charge in [0.15, 0.2) is 6.54 Å². The summed E-state index contributed by atoms with van der Waals surface area (Å²) in [6, 6.07) is 5.62. The average Bonchev–Trinajstić information content (AvgIpc) is 2.75. The summed E-state index contributed by atoms with van der Waals surface area (Å²) in [6.07, 6.45) is 5.43. The van der Waals surface area contributed by atoms with Crippen molar-refractivity contribution in [3.05, 3.63) is 58.7 Å². The highest BCUT2D eigenvalue weighted by molar-refractivity contribution is 8.93. The molecule has 0 radical (unpaired) electrons. The maximum atomic E-state index is 11.9. The summed E-state index contributed by atoms with van der Waals surface area (Å²) in [5.74, 6) is -0.0823. The smallest absolute Gasteiger partial charge is 0.269 e. The van der Waals surface area contributed by atoms with Crippen LogP contribution in [-0.4, -0.2) is 15.3 Å². The van der Waals surface area contributed by atoms with Gasteiger partial charge in [-0.1, -0.05) is 0 Å². The van der Waals surface area contributed by atoms with Crippen LogP contribution in [0.4, 0.5) is 5.69 Å². The predicted molar refractivity (Wildman–Crippen MR) is 73.4 cm³/mol. The van der Waals surface area contributed by atoms with Gasteiger partial charge in [-0.3, -0.25) is 14.9 Å². The third-order valence-corrected chi connectivity index (χ3v) is 2.55. The second kappa shape index (κ2) is 6.24. The lowest BCUT2D eigenvalue weighted by Gasteiger charge is -1.98. The van der Waals surface area contributed by atoms with Crippen LogP contribution in [0.5, 0.6) is 0 Å². The van der Waals surface area contributed by atoms with Gasteiger partial charge in [0.2, 0.25) is 12.1 Å². The quantitative estimate of drug-likeness (QED) is 0.371. The number of hydrogen-bond donors (Lipinski definition) is 0. The zero-order valence-corrected chi connectivity index (χ0v) is 11.9. The van der Waals surface area contributed by atoms with E-state index in [2.05, 4.69) is 0 Å². The molecule has 1 heterocycles. The minimum absolute atomic E-state index is 0. The van der Waals surface area contributed by atoms with E-state index in [0.29, 0.717) is 5.56 Å². The molecule has 0 N–H and O–H groups in total. The van der Waals surface area contributed by atoms with Crippen LogP contribution >= 0.6 is 17.0 Å². The van der Waals surface area contributed by atoms with Crippen LogP contribution in [0.25, 0.3) is 0 Å². The Morgan fingerprint density at radius 1 is 1.37 bits per heavy atom. The number of hydrogen-bond acceptors (Lipinski definition) is 3. The molecule has 2 rings (SSSR count). The van der Waals surface area contributed by atoms with E-state index >= 15 is 0 Å². The normalized spacial score (nSPS) is 9.74. The molecule has 0 atom stereocenters. The number of benzene rings is 1. The summed E-state index contributed by atoms with van der Waals surface area (Å²) in [5.41, 5.74) is 0.455. The van der Waals surface area contributed by atoms with Crippen LogP contribution in [0.3, 0.4) is 0 Å². The van der Waals surface area contributed by atoms with Gasteiger partial charge < -0.3 is 0 Å². The number of nitrogens with zero attached hydrogens (tertiary/aromatic N) is 3. The molecule has 0 spiro atoms. The van der Waals surface area contributed by atoms with Crippen molar-refractivity contribution < 1.29 is 14.3 Å². The Balaban J connectivity index is 0.00000180. The monoisotopic (exact) mass is 326 g/mol. The van der Waals surface area contributed by atoms with E-state index in [1.807, 2.05) is 17.8 Å². The first-order valence-electron chi connectivity index (χ1n) is 5.35. The number of aromatic nitrogens is 2. The van der Waals surface area contributed by atoms with E-state index in [4.69, 9.17) is 0 Å². The third kappa shape index (κ3) is 3.72. The minimum atomic E-state index is -0.486. The van der Waals surface area contributed by atoms with Crippen LogP contribution in [0.15, 0.2) is 43.0 Å². The van der Waals surface area contributed by atoms with E-state index in [1.165, 1.54) is 24.3 Å². The Morgan fingerprint density at radius 3 is 2.47 bits per heavy atom. The first-order valence-corrected chi connectivity index (χ1v) is 5.35. The standard InChI is InChI=1S/C12H12N3O3.BrH/c1-13-6-7-14(9-13)8-12(16)10-2-4-11(5-3-10)15(17)18;/h2-7,9H,8H2,1H3;1H/q+1;. The van der Waals surface area contributed by atoms with Crippen molar-refractivity contribution in [3.63, 3.8) is 0 Å². The number of nitro groups is 1. The number of halogens is 1. The van der Waals surface area contributed by atoms with Gasteiger partial charge in [-0.15, -0.1) is 17.0 Å². The molecule has 0 bridgehead atoms. The number of carbonyl (C=O) groups is 1. The summed E-state index contributed by atoms with van der Waals surface area (Å²) >= 11 is 0. The van der Waals surface area contributed by atoms with Crippen molar-refractivity contribution in [1.29, 1.82) is 0 Å². The molecular formula is C12H13BrN3O3+. The first-order chi connectivity index (χ1) is 8.56. The Kier molecular flexibility index (Phi) is 4.94. The van der Waals surface area contributed by atoms with Gasteiger partial charge in [0.1, 0.15) is 12.4 Å². The van der Waals surface area contributed by atoms with Crippen molar-refractivity contribution in [2.45, 2.75) is 6.54 Å². The second-order valence-electron chi connectivity index (χ2n) is 3.98. The van der Waals surface area contributed by atoms with E-state index in [0.717, 1.165) is 0 Å². The summed E-state index contributed by atoms with van der Waals surface area (Å²) in [6.45, 7) is 0.221. The molecule has 0 saturated heterocycles. The topological polar surface area (TPSA) is 69.0 Å². The van der Waals surface area contributed by atoms with Gasteiger partial charge in [0, 0.05) is 17.7 Å². The number of ketones is 1. The molecule has 2 aromatic rings. The van der Waals surface area contributed by atoms with Crippen LogP contribution in [0.1, 0.15) is 10.4 Å². The number of carbonyl (C=O) groups excluding carboxylic acids is 1. The molecule has 0 aliphatic rings. The fourth-order valence-corrected chi connectivity index (χ4v) is 1.62. The molecule has 0 saturated carbocycles. The van der Waals surface area contributed by atoms with Gasteiger partial charge in [0.05, 0.1) is 12.0 Å². The van der Waals surface area contributed by atoms with Crippen molar-refractivity contribution in [2.24, 2.45) is 7.05 Å². The van der Waals surface area contributed by atoms with E-state index in [1.54, 1.807) is 17.1 Å². The van der Waals surface area contributed by atoms with Crippen molar-refractivity contribution in [3.8, 4) is 0 Å². The van der Waals surface area contributed by atoms with Crippen LogP contribution < -0.4 is 4.57 Å². The molecule has 0 aliphatic heterocycles. The van der Waals surface area contributed by atoms with E-state index in [-0.39, 0.29) is 35.0 Å². The highest BCUT2D eigenvalue weighted by atomic mass is 79.9. The predicted octanol–water partition coefficient (Wildman–Crippen LogP) is 1.68. The summed E-state index contributed by atoms with van der Waals surface area (Å²) in [5, 5.41) is 10.5. The van der Waals surface area contributed by atoms with Crippen LogP contribution in [-0.2, 0) is 13.6 Å². The molecule has 19 heavy (non-hydrogen) atoms. The van der Waals surface area contributed by atoms with E-state index in [9.17, 15) is 14.9 Å². The number of nitro benzene ring substituents is 1. The first kappa shape index (κ1) is 15.0. The maximum Gasteiger partial charge on any atom is 0.269 e. The molecule has 0 aliphatic carbocycles. The molecule has 0 amide bonds. The highest BCUT2D eigenvalue weighted by Crippen LogP contribution is 2.12. The number of imidazole rings is 1. The molecule has 0 fully saturated rings. The third-order valence-electron chi connectivity index (χ3n) is 2.55. The average molecular weight is 327 g/mol. The Morgan fingerprint density at radius 2 is 2.00 bits per heavy atom. The number of Topliss-reactive ketones (excluding diaryl/α,β-unsaturated/α-hetero) is 1. The van der Waals surface area contributed by atoms with Gasteiger partial charge in [0.25, 0.3) is 5.69 Å². The Bertz CT molecular complexity index is 593. The van der Waals surface area contributed by atoms with Crippen LogP contribution in [0, 0.1) is 10.1 Å². The van der Waals surface area contributed by atoms with Gasteiger partial charge in [-0.25, -0.2) is 9.13 Å². The van der Waals surface area contributed by atoms with Gasteiger partial charge in [-0.05, 0) is 12.1 Å². The van der Waals surface area contributed by atoms with Crippen molar-refractivity contribution in [1.82, 2.24) is 4.57 Å². The maximum absolute atomic E-state index is 11.9. The molecule has 1 aromatic heterocycles. The molecule has 6 nitrogen and oxygen atoms in total.